The summed E-state index contributed by atoms with van der Waals surface area (Å²) in [7, 11) is -2.27. The van der Waals surface area contributed by atoms with Gasteiger partial charge < -0.3 is 10.1 Å². The molecule has 0 saturated carbocycles. The van der Waals surface area contributed by atoms with Crippen LogP contribution in [-0.4, -0.2) is 57.5 Å². The standard InChI is InChI=1S/C19H31N3O4S/c1-15(21-27(24,25)17-10-8-16(26-4)9-11-17)18(23)20-14-19(2,3)22-12-6-5-7-13-22/h8-11,15,21H,5-7,12-14H2,1-4H3,(H,20,23)/t15-/m0/s1. The zero-order valence-electron chi connectivity index (χ0n) is 16.6. The third-order valence-electron chi connectivity index (χ3n) is 5.00. The molecular formula is C19H31N3O4S. The highest BCUT2D eigenvalue weighted by Crippen LogP contribution is 2.20. The third-order valence-corrected chi connectivity index (χ3v) is 6.56. The van der Waals surface area contributed by atoms with Crippen LogP contribution in [0.2, 0.25) is 0 Å². The number of rotatable bonds is 8. The summed E-state index contributed by atoms with van der Waals surface area (Å²) >= 11 is 0. The third kappa shape index (κ3) is 5.92. The molecule has 0 radical (unpaired) electrons. The first-order valence-electron chi connectivity index (χ1n) is 9.35. The van der Waals surface area contributed by atoms with Crippen LogP contribution in [0.1, 0.15) is 40.0 Å². The first-order valence-corrected chi connectivity index (χ1v) is 10.8. The first kappa shape index (κ1) is 21.7. The van der Waals surface area contributed by atoms with Gasteiger partial charge in [-0.3, -0.25) is 9.69 Å². The average Bonchev–Trinajstić information content (AvgIpc) is 2.66. The lowest BCUT2D eigenvalue weighted by molar-refractivity contribution is -0.123. The van der Waals surface area contributed by atoms with Crippen LogP contribution in [-0.2, 0) is 14.8 Å². The Kier molecular flexibility index (Phi) is 7.25. The molecule has 7 nitrogen and oxygen atoms in total. The van der Waals surface area contributed by atoms with Gasteiger partial charge in [0.25, 0.3) is 0 Å². The van der Waals surface area contributed by atoms with Crippen LogP contribution in [0.4, 0.5) is 0 Å². The van der Waals surface area contributed by atoms with E-state index in [2.05, 4.69) is 28.8 Å². The van der Waals surface area contributed by atoms with Crippen LogP contribution in [0.15, 0.2) is 29.2 Å². The second-order valence-electron chi connectivity index (χ2n) is 7.60. The molecule has 1 aromatic carbocycles. The highest BCUT2D eigenvalue weighted by Gasteiger charge is 2.29. The molecule has 2 rings (SSSR count). The summed E-state index contributed by atoms with van der Waals surface area (Å²) in [6.07, 6.45) is 3.61. The topological polar surface area (TPSA) is 87.7 Å². The van der Waals surface area contributed by atoms with Crippen LogP contribution in [0, 0.1) is 0 Å². The van der Waals surface area contributed by atoms with Crippen molar-refractivity contribution < 1.29 is 17.9 Å². The minimum absolute atomic E-state index is 0.0941. The molecule has 152 valence electrons. The van der Waals surface area contributed by atoms with Crippen molar-refractivity contribution in [1.29, 1.82) is 0 Å². The maximum absolute atomic E-state index is 12.5. The van der Waals surface area contributed by atoms with Gasteiger partial charge in [-0.1, -0.05) is 6.42 Å². The lowest BCUT2D eigenvalue weighted by Gasteiger charge is -2.41. The van der Waals surface area contributed by atoms with Crippen molar-refractivity contribution in [2.24, 2.45) is 0 Å². The molecule has 1 aliphatic rings. The van der Waals surface area contributed by atoms with Crippen LogP contribution in [0.3, 0.4) is 0 Å². The highest BCUT2D eigenvalue weighted by atomic mass is 32.2. The van der Waals surface area contributed by atoms with E-state index in [1.165, 1.54) is 38.5 Å². The molecular weight excluding hydrogens is 366 g/mol. The van der Waals surface area contributed by atoms with Crippen molar-refractivity contribution in [3.05, 3.63) is 24.3 Å². The number of benzene rings is 1. The minimum Gasteiger partial charge on any atom is -0.497 e. The highest BCUT2D eigenvalue weighted by molar-refractivity contribution is 7.89. The molecule has 0 unspecified atom stereocenters. The number of hydrogen-bond donors (Lipinski definition) is 2. The smallest absolute Gasteiger partial charge is 0.241 e. The van der Waals surface area contributed by atoms with Gasteiger partial charge in [0, 0.05) is 12.1 Å². The number of piperidine rings is 1. The van der Waals surface area contributed by atoms with Gasteiger partial charge >= 0.3 is 0 Å². The van der Waals surface area contributed by atoms with Crippen LogP contribution < -0.4 is 14.8 Å². The molecule has 1 atom stereocenters. The molecule has 0 spiro atoms. The van der Waals surface area contributed by atoms with Crippen molar-refractivity contribution in [1.82, 2.24) is 14.9 Å². The molecule has 27 heavy (non-hydrogen) atoms. The van der Waals surface area contributed by atoms with E-state index in [-0.39, 0.29) is 16.3 Å². The van der Waals surface area contributed by atoms with E-state index in [9.17, 15) is 13.2 Å². The van der Waals surface area contributed by atoms with Gasteiger partial charge in [0.15, 0.2) is 0 Å². The Bertz CT molecular complexity index is 726. The number of nitrogens with one attached hydrogen (secondary N) is 2. The van der Waals surface area contributed by atoms with Crippen LogP contribution in [0.25, 0.3) is 0 Å². The van der Waals surface area contributed by atoms with E-state index in [0.29, 0.717) is 12.3 Å². The lowest BCUT2D eigenvalue weighted by atomic mass is 9.98. The van der Waals surface area contributed by atoms with E-state index in [0.717, 1.165) is 13.1 Å². The fourth-order valence-corrected chi connectivity index (χ4v) is 4.38. The summed E-state index contributed by atoms with van der Waals surface area (Å²) in [4.78, 5) is 14.9. The molecule has 0 aromatic heterocycles. The SMILES string of the molecule is COc1ccc(S(=O)(=O)N[C@@H](C)C(=O)NCC(C)(C)N2CCCCC2)cc1. The lowest BCUT2D eigenvalue weighted by Crippen LogP contribution is -2.55. The molecule has 8 heteroatoms. The molecule has 0 aliphatic carbocycles. The fraction of sp³-hybridized carbons (Fsp3) is 0.632. The molecule has 2 N–H and O–H groups in total. The van der Waals surface area contributed by atoms with Gasteiger partial charge in [-0.25, -0.2) is 8.42 Å². The Labute approximate surface area is 162 Å². The number of sulfonamides is 1. The van der Waals surface area contributed by atoms with Gasteiger partial charge in [-0.2, -0.15) is 4.72 Å². The number of nitrogens with zero attached hydrogens (tertiary/aromatic N) is 1. The second kappa shape index (κ2) is 9.03. The van der Waals surface area contributed by atoms with Crippen molar-refractivity contribution in [2.45, 2.75) is 56.5 Å². The Morgan fingerprint density at radius 3 is 2.33 bits per heavy atom. The van der Waals surface area contributed by atoms with E-state index in [4.69, 9.17) is 4.74 Å². The number of hydrogen-bond acceptors (Lipinski definition) is 5. The van der Waals surface area contributed by atoms with E-state index in [1.807, 2.05) is 0 Å². The van der Waals surface area contributed by atoms with Crippen LogP contribution >= 0.6 is 0 Å². The summed E-state index contributed by atoms with van der Waals surface area (Å²) in [6.45, 7) is 8.28. The van der Waals surface area contributed by atoms with Gasteiger partial charge in [0.1, 0.15) is 5.75 Å². The number of ether oxygens (including phenoxy) is 1. The summed E-state index contributed by atoms with van der Waals surface area (Å²) < 4.78 is 32.4. The Balaban J connectivity index is 1.91. The van der Waals surface area contributed by atoms with Crippen LogP contribution in [0.5, 0.6) is 5.75 Å². The van der Waals surface area contributed by atoms with Crippen molar-refractivity contribution in [3.8, 4) is 5.75 Å². The number of methoxy groups -OCH3 is 1. The zero-order valence-corrected chi connectivity index (χ0v) is 17.4. The molecule has 1 aromatic rings. The van der Waals surface area contributed by atoms with E-state index in [1.54, 1.807) is 19.1 Å². The van der Waals surface area contributed by atoms with Crippen molar-refractivity contribution >= 4 is 15.9 Å². The first-order chi connectivity index (χ1) is 12.7. The van der Waals surface area contributed by atoms with Gasteiger partial charge in [-0.15, -0.1) is 0 Å². The number of amides is 1. The van der Waals surface area contributed by atoms with Gasteiger partial charge in [0.05, 0.1) is 18.0 Å². The summed E-state index contributed by atoms with van der Waals surface area (Å²) in [6, 6.07) is 5.17. The normalized spacial score (nSPS) is 17.3. The molecule has 1 fully saturated rings. The number of likely N-dealkylation sites (tertiary alicyclic amines) is 1. The summed E-state index contributed by atoms with van der Waals surface area (Å²) in [5, 5.41) is 2.88. The summed E-state index contributed by atoms with van der Waals surface area (Å²) in [5.74, 6) is 0.233. The maximum Gasteiger partial charge on any atom is 0.241 e. The predicted octanol–water partition coefficient (Wildman–Crippen LogP) is 1.74. The predicted molar refractivity (Wildman–Crippen MR) is 105 cm³/mol. The van der Waals surface area contributed by atoms with Crippen molar-refractivity contribution in [2.75, 3.05) is 26.7 Å². The van der Waals surface area contributed by atoms with Gasteiger partial charge in [-0.05, 0) is 71.0 Å². The quantitative estimate of drug-likeness (QED) is 0.698. The Morgan fingerprint density at radius 1 is 1.19 bits per heavy atom. The molecule has 1 amide bonds. The zero-order chi connectivity index (χ0) is 20.1. The second-order valence-corrected chi connectivity index (χ2v) is 9.31. The van der Waals surface area contributed by atoms with Crippen molar-refractivity contribution in [3.63, 3.8) is 0 Å². The van der Waals surface area contributed by atoms with E-state index >= 15 is 0 Å². The molecule has 1 aliphatic heterocycles. The van der Waals surface area contributed by atoms with Gasteiger partial charge in [0.2, 0.25) is 15.9 Å². The molecule has 1 saturated heterocycles. The fourth-order valence-electron chi connectivity index (χ4n) is 3.18. The maximum atomic E-state index is 12.5. The Hall–Kier alpha value is -1.64. The Morgan fingerprint density at radius 2 is 1.78 bits per heavy atom. The number of carbonyl (C=O) groups excluding carboxylic acids is 1. The minimum atomic E-state index is -3.78. The largest absolute Gasteiger partial charge is 0.497 e. The number of carbonyl (C=O) groups is 1. The van der Waals surface area contributed by atoms with E-state index < -0.39 is 16.1 Å². The molecule has 0 bridgehead atoms. The molecule has 1 heterocycles. The summed E-state index contributed by atoms with van der Waals surface area (Å²) in [5.41, 5.74) is -0.162. The average molecular weight is 398 g/mol. The monoisotopic (exact) mass is 397 g/mol.